The first kappa shape index (κ1) is 15.1. The van der Waals surface area contributed by atoms with Gasteiger partial charge in [0.1, 0.15) is 10.3 Å². The van der Waals surface area contributed by atoms with Gasteiger partial charge in [0, 0.05) is 24.5 Å². The van der Waals surface area contributed by atoms with Crippen LogP contribution in [-0.4, -0.2) is 17.9 Å². The lowest BCUT2D eigenvalue weighted by Crippen LogP contribution is -2.34. The summed E-state index contributed by atoms with van der Waals surface area (Å²) in [5.74, 6) is 0. The fourth-order valence-corrected chi connectivity index (χ4v) is 4.35. The van der Waals surface area contributed by atoms with E-state index in [-0.39, 0.29) is 11.1 Å². The van der Waals surface area contributed by atoms with E-state index in [1.807, 2.05) is 6.55 Å². The molecule has 2 aromatic heterocycles. The lowest BCUT2D eigenvalue weighted by Gasteiger charge is -2.15. The number of hydrogen-bond acceptors (Lipinski definition) is 2. The standard InChI is InChI=1S/C13H13Cl2N2O2Si/c1-20(8-16-10(14)4-2-6-12(16)18)9-17-11(15)5-3-7-13(17)19/h2-7H,8-9H2,1H3. The highest BCUT2D eigenvalue weighted by Gasteiger charge is 2.12. The van der Waals surface area contributed by atoms with Crippen LogP contribution in [0.4, 0.5) is 0 Å². The molecule has 0 N–H and O–H groups in total. The molecular formula is C13H13Cl2N2O2Si. The maximum atomic E-state index is 11.8. The maximum absolute atomic E-state index is 11.8. The van der Waals surface area contributed by atoms with E-state index >= 15 is 0 Å². The fourth-order valence-electron chi connectivity index (χ4n) is 1.89. The van der Waals surface area contributed by atoms with Gasteiger partial charge in [0.2, 0.25) is 0 Å². The van der Waals surface area contributed by atoms with Gasteiger partial charge in [0.25, 0.3) is 11.1 Å². The predicted molar refractivity (Wildman–Crippen MR) is 83.0 cm³/mol. The van der Waals surface area contributed by atoms with Crippen LogP contribution >= 0.6 is 23.2 Å². The lowest BCUT2D eigenvalue weighted by molar-refractivity contribution is 0.765. The third-order valence-corrected chi connectivity index (χ3v) is 5.22. The van der Waals surface area contributed by atoms with Crippen LogP contribution < -0.4 is 11.1 Å². The summed E-state index contributed by atoms with van der Waals surface area (Å²) in [7, 11) is -1.03. The van der Waals surface area contributed by atoms with Crippen molar-refractivity contribution in [3.05, 3.63) is 67.4 Å². The van der Waals surface area contributed by atoms with E-state index in [1.54, 1.807) is 24.3 Å². The Hall–Kier alpha value is -1.30. The molecule has 0 saturated heterocycles. The van der Waals surface area contributed by atoms with Gasteiger partial charge in [-0.3, -0.25) is 9.59 Å². The van der Waals surface area contributed by atoms with Gasteiger partial charge in [-0.25, -0.2) is 0 Å². The molecule has 0 saturated carbocycles. The minimum Gasteiger partial charge on any atom is -0.302 e. The number of nitrogens with zero attached hydrogens (tertiary/aromatic N) is 2. The quantitative estimate of drug-likeness (QED) is 0.638. The van der Waals surface area contributed by atoms with E-state index < -0.39 is 8.80 Å². The summed E-state index contributed by atoms with van der Waals surface area (Å²) < 4.78 is 3.05. The van der Waals surface area contributed by atoms with Crippen LogP contribution in [-0.2, 0) is 12.3 Å². The Kier molecular flexibility index (Phi) is 4.85. The van der Waals surface area contributed by atoms with Crippen LogP contribution in [0.3, 0.4) is 0 Å². The average Bonchev–Trinajstić information content (AvgIpc) is 2.39. The van der Waals surface area contributed by atoms with Crippen molar-refractivity contribution in [1.82, 2.24) is 9.13 Å². The molecule has 0 amide bonds. The van der Waals surface area contributed by atoms with E-state index in [0.29, 0.717) is 22.6 Å². The van der Waals surface area contributed by atoms with E-state index in [9.17, 15) is 9.59 Å². The number of hydrogen-bond donors (Lipinski definition) is 0. The van der Waals surface area contributed by atoms with Gasteiger partial charge in [0.15, 0.2) is 0 Å². The van der Waals surface area contributed by atoms with Gasteiger partial charge >= 0.3 is 0 Å². The van der Waals surface area contributed by atoms with Crippen molar-refractivity contribution >= 4 is 32.0 Å². The van der Waals surface area contributed by atoms with Crippen LogP contribution in [0.2, 0.25) is 16.9 Å². The van der Waals surface area contributed by atoms with Crippen molar-refractivity contribution in [2.45, 2.75) is 18.9 Å². The molecule has 105 valence electrons. The summed E-state index contributed by atoms with van der Waals surface area (Å²) in [5.41, 5.74) is -0.262. The monoisotopic (exact) mass is 327 g/mol. The average molecular weight is 328 g/mol. The largest absolute Gasteiger partial charge is 0.302 e. The minimum atomic E-state index is -1.03. The van der Waals surface area contributed by atoms with Crippen LogP contribution in [0.25, 0.3) is 0 Å². The SMILES string of the molecule is C[Si](Cn1c(Cl)cccc1=O)Cn1c(Cl)cccc1=O. The third-order valence-electron chi connectivity index (χ3n) is 2.85. The van der Waals surface area contributed by atoms with Crippen molar-refractivity contribution in [1.29, 1.82) is 0 Å². The van der Waals surface area contributed by atoms with Crippen molar-refractivity contribution in [2.24, 2.45) is 0 Å². The molecule has 0 aromatic carbocycles. The predicted octanol–water partition coefficient (Wildman–Crippen LogP) is 2.22. The lowest BCUT2D eigenvalue weighted by atomic mass is 10.5. The van der Waals surface area contributed by atoms with Crippen molar-refractivity contribution in [2.75, 3.05) is 0 Å². The Morgan fingerprint density at radius 3 is 1.65 bits per heavy atom. The van der Waals surface area contributed by atoms with Crippen molar-refractivity contribution < 1.29 is 0 Å². The van der Waals surface area contributed by atoms with Crippen LogP contribution in [0.1, 0.15) is 0 Å². The van der Waals surface area contributed by atoms with Gasteiger partial charge < -0.3 is 9.13 Å². The first-order valence-corrected chi connectivity index (χ1v) is 9.18. The van der Waals surface area contributed by atoms with Crippen LogP contribution in [0, 0.1) is 0 Å². The van der Waals surface area contributed by atoms with E-state index in [0.717, 1.165) is 0 Å². The Balaban J connectivity index is 2.20. The molecule has 20 heavy (non-hydrogen) atoms. The Morgan fingerprint density at radius 1 is 0.900 bits per heavy atom. The second-order valence-corrected chi connectivity index (χ2v) is 7.82. The Bertz CT molecular complexity index is 665. The molecule has 0 fully saturated rings. The van der Waals surface area contributed by atoms with Gasteiger partial charge in [-0.15, -0.1) is 0 Å². The first-order valence-electron chi connectivity index (χ1n) is 6.01. The first-order chi connectivity index (χ1) is 9.49. The molecule has 4 nitrogen and oxygen atoms in total. The smallest absolute Gasteiger partial charge is 0.251 e. The zero-order chi connectivity index (χ0) is 14.7. The number of pyridine rings is 2. The van der Waals surface area contributed by atoms with Gasteiger partial charge in [-0.2, -0.15) is 0 Å². The Labute approximate surface area is 127 Å². The van der Waals surface area contributed by atoms with Crippen molar-refractivity contribution in [3.63, 3.8) is 0 Å². The molecule has 2 heterocycles. The molecule has 1 radical (unpaired) electrons. The Morgan fingerprint density at radius 2 is 1.30 bits per heavy atom. The normalized spacial score (nSPS) is 11.0. The van der Waals surface area contributed by atoms with E-state index in [4.69, 9.17) is 23.2 Å². The fraction of sp³-hybridized carbons (Fsp3) is 0.231. The third kappa shape index (κ3) is 3.42. The second kappa shape index (κ2) is 6.43. The van der Waals surface area contributed by atoms with Gasteiger partial charge in [-0.05, 0) is 12.1 Å². The van der Waals surface area contributed by atoms with Crippen LogP contribution in [0.5, 0.6) is 0 Å². The van der Waals surface area contributed by atoms with Crippen molar-refractivity contribution in [3.8, 4) is 0 Å². The summed E-state index contributed by atoms with van der Waals surface area (Å²) in [6, 6.07) is 9.56. The highest BCUT2D eigenvalue weighted by Crippen LogP contribution is 2.08. The molecule has 0 bridgehead atoms. The summed E-state index contributed by atoms with van der Waals surface area (Å²) >= 11 is 12.0. The zero-order valence-electron chi connectivity index (χ0n) is 10.8. The topological polar surface area (TPSA) is 44.0 Å². The molecule has 2 rings (SSSR count). The minimum absolute atomic E-state index is 0.131. The highest BCUT2D eigenvalue weighted by atomic mass is 35.5. The second-order valence-electron chi connectivity index (χ2n) is 4.50. The molecule has 0 unspecified atom stereocenters. The molecule has 0 aliphatic rings. The van der Waals surface area contributed by atoms with E-state index in [1.165, 1.54) is 21.3 Å². The highest BCUT2D eigenvalue weighted by molar-refractivity contribution is 6.54. The maximum Gasteiger partial charge on any atom is 0.251 e. The van der Waals surface area contributed by atoms with Gasteiger partial charge in [-0.1, -0.05) is 41.9 Å². The summed E-state index contributed by atoms with van der Waals surface area (Å²) in [6.45, 7) is 2.04. The zero-order valence-corrected chi connectivity index (χ0v) is 13.4. The van der Waals surface area contributed by atoms with Gasteiger partial charge in [0.05, 0.1) is 8.80 Å². The summed E-state index contributed by atoms with van der Waals surface area (Å²) in [5, 5.41) is 0.821. The molecular weight excluding hydrogens is 315 g/mol. The molecule has 2 aromatic rings. The summed E-state index contributed by atoms with van der Waals surface area (Å²) in [6.07, 6.45) is 1.06. The van der Waals surface area contributed by atoms with E-state index in [2.05, 4.69) is 0 Å². The summed E-state index contributed by atoms with van der Waals surface area (Å²) in [4.78, 5) is 23.5. The number of aromatic nitrogens is 2. The van der Waals surface area contributed by atoms with Crippen LogP contribution in [0.15, 0.2) is 46.0 Å². The molecule has 0 aliphatic heterocycles. The molecule has 0 aliphatic carbocycles. The molecule has 0 spiro atoms. The number of rotatable bonds is 4. The molecule has 0 atom stereocenters. The number of halogens is 2. The molecule has 7 heteroatoms.